The topological polar surface area (TPSA) is 104 Å². The lowest BCUT2D eigenvalue weighted by Gasteiger charge is -2.06. The molecule has 0 atom stereocenters. The Hall–Kier alpha value is -2.75. The molecule has 0 unspecified atom stereocenters. The number of benzene rings is 1. The molecule has 0 fully saturated rings. The van der Waals surface area contributed by atoms with Crippen LogP contribution in [0, 0.1) is 11.3 Å². The maximum atomic E-state index is 11.2. The molecule has 1 aromatic rings. The monoisotopic (exact) mass is 261 g/mol. The Bertz CT molecular complexity index is 563. The lowest BCUT2D eigenvalue weighted by atomic mass is 10.1. The minimum Gasteiger partial charge on any atom is -0.486 e. The molecule has 0 saturated heterocycles. The Kier molecular flexibility index (Phi) is 3.83. The van der Waals surface area contributed by atoms with Crippen LogP contribution in [0.15, 0.2) is 23.4 Å². The van der Waals surface area contributed by atoms with Gasteiger partial charge in [-0.25, -0.2) is 0 Å². The number of fused-ring (bicyclic) bond motifs is 1. The number of ether oxygens (including phenoxy) is 2. The summed E-state index contributed by atoms with van der Waals surface area (Å²) in [6, 6.07) is 6.76. The first-order valence-corrected chi connectivity index (χ1v) is 5.49. The maximum Gasteiger partial charge on any atom is 0.258 e. The molecule has 2 N–H and O–H groups in total. The van der Waals surface area contributed by atoms with Gasteiger partial charge in [0.1, 0.15) is 30.4 Å². The van der Waals surface area contributed by atoms with Gasteiger partial charge in [0.15, 0.2) is 6.61 Å². The Morgan fingerprint density at radius 2 is 2.47 bits per heavy atom. The van der Waals surface area contributed by atoms with Gasteiger partial charge in [-0.2, -0.15) is 5.26 Å². The Balaban J connectivity index is 1.97. The molecule has 1 heterocycles. The van der Waals surface area contributed by atoms with Gasteiger partial charge in [0.2, 0.25) is 0 Å². The number of carbonyl (C=O) groups is 1. The largest absolute Gasteiger partial charge is 0.486 e. The summed E-state index contributed by atoms with van der Waals surface area (Å²) in [5.74, 6) is 0.633. The highest BCUT2D eigenvalue weighted by molar-refractivity contribution is 6.06. The second-order valence-electron chi connectivity index (χ2n) is 3.72. The summed E-state index contributed by atoms with van der Waals surface area (Å²) in [5.41, 5.74) is 1.15. The molecule has 2 rings (SSSR count). The van der Waals surface area contributed by atoms with E-state index in [4.69, 9.17) is 19.9 Å². The fourth-order valence-electron chi connectivity index (χ4n) is 1.59. The van der Waals surface area contributed by atoms with E-state index in [-0.39, 0.29) is 25.7 Å². The summed E-state index contributed by atoms with van der Waals surface area (Å²) in [5, 5.41) is 22.5. The third-order valence-corrected chi connectivity index (χ3v) is 2.48. The van der Waals surface area contributed by atoms with Crippen LogP contribution < -0.4 is 14.8 Å². The molecule has 98 valence electrons. The quantitative estimate of drug-likeness (QED) is 0.460. The Morgan fingerprint density at radius 1 is 1.63 bits per heavy atom. The molecule has 0 spiro atoms. The van der Waals surface area contributed by atoms with Crippen LogP contribution in [0.5, 0.6) is 11.5 Å². The summed E-state index contributed by atoms with van der Waals surface area (Å²) in [7, 11) is 0. The number of nitrogens with zero attached hydrogens (tertiary/aromatic N) is 2. The smallest absolute Gasteiger partial charge is 0.258 e. The van der Waals surface area contributed by atoms with Crippen molar-refractivity contribution in [3.05, 3.63) is 23.8 Å². The van der Waals surface area contributed by atoms with E-state index in [9.17, 15) is 4.79 Å². The fourth-order valence-corrected chi connectivity index (χ4v) is 1.59. The van der Waals surface area contributed by atoms with Crippen molar-refractivity contribution < 1.29 is 19.5 Å². The number of carbonyl (C=O) groups excluding carboxylic acids is 1. The van der Waals surface area contributed by atoms with Gasteiger partial charge >= 0.3 is 0 Å². The average Bonchev–Trinajstić information content (AvgIpc) is 2.85. The molecule has 0 saturated carbocycles. The standard InChI is InChI=1S/C12H11N3O4/c13-3-4-14-12(16)7-18-8-1-2-9-10(15-17)6-19-11(9)5-8/h1-2,5,17H,4,6-7H2,(H,14,16)/b15-10+. The van der Waals surface area contributed by atoms with E-state index in [1.54, 1.807) is 24.3 Å². The van der Waals surface area contributed by atoms with Crippen LogP contribution in [0.25, 0.3) is 0 Å². The summed E-state index contributed by atoms with van der Waals surface area (Å²) >= 11 is 0. The zero-order valence-electron chi connectivity index (χ0n) is 9.92. The Morgan fingerprint density at radius 3 is 3.21 bits per heavy atom. The molecule has 7 nitrogen and oxygen atoms in total. The van der Waals surface area contributed by atoms with Crippen molar-refractivity contribution >= 4 is 11.6 Å². The SMILES string of the molecule is N#CCNC(=O)COc1ccc2c(c1)OC/C2=N\O. The molecule has 0 radical (unpaired) electrons. The lowest BCUT2D eigenvalue weighted by molar-refractivity contribution is -0.122. The molecule has 0 aromatic heterocycles. The predicted octanol–water partition coefficient (Wildman–Crippen LogP) is 0.276. The van der Waals surface area contributed by atoms with Crippen molar-refractivity contribution in [3.63, 3.8) is 0 Å². The first-order valence-electron chi connectivity index (χ1n) is 5.49. The van der Waals surface area contributed by atoms with Gasteiger partial charge in [-0.3, -0.25) is 4.79 Å². The van der Waals surface area contributed by atoms with E-state index < -0.39 is 0 Å². The second-order valence-corrected chi connectivity index (χ2v) is 3.72. The van der Waals surface area contributed by atoms with Gasteiger partial charge in [-0.1, -0.05) is 5.16 Å². The van der Waals surface area contributed by atoms with Crippen molar-refractivity contribution in [2.75, 3.05) is 19.8 Å². The van der Waals surface area contributed by atoms with Gasteiger partial charge in [-0.15, -0.1) is 0 Å². The van der Waals surface area contributed by atoms with Crippen molar-refractivity contribution in [3.8, 4) is 17.6 Å². The number of nitrogens with one attached hydrogen (secondary N) is 1. The minimum atomic E-state index is -0.374. The molecule has 7 heteroatoms. The number of nitriles is 1. The molecule has 1 aliphatic rings. The number of rotatable bonds is 4. The molecule has 0 bridgehead atoms. The highest BCUT2D eigenvalue weighted by atomic mass is 16.5. The zero-order valence-corrected chi connectivity index (χ0v) is 9.92. The van der Waals surface area contributed by atoms with E-state index >= 15 is 0 Å². The third-order valence-electron chi connectivity index (χ3n) is 2.48. The third kappa shape index (κ3) is 2.93. The second kappa shape index (κ2) is 5.73. The minimum absolute atomic E-state index is 0.0498. The number of amides is 1. The molecular formula is C12H11N3O4. The highest BCUT2D eigenvalue weighted by Crippen LogP contribution is 2.29. The summed E-state index contributed by atoms with van der Waals surface area (Å²) < 4.78 is 10.6. The lowest BCUT2D eigenvalue weighted by Crippen LogP contribution is -2.29. The van der Waals surface area contributed by atoms with Crippen molar-refractivity contribution in [2.24, 2.45) is 5.16 Å². The van der Waals surface area contributed by atoms with Gasteiger partial charge in [0.05, 0.1) is 6.07 Å². The van der Waals surface area contributed by atoms with Crippen LogP contribution in [0.4, 0.5) is 0 Å². The van der Waals surface area contributed by atoms with Crippen LogP contribution >= 0.6 is 0 Å². The van der Waals surface area contributed by atoms with Gasteiger partial charge in [0, 0.05) is 11.6 Å². The molecule has 1 amide bonds. The fraction of sp³-hybridized carbons (Fsp3) is 0.250. The van der Waals surface area contributed by atoms with E-state index in [1.807, 2.05) is 0 Å². The van der Waals surface area contributed by atoms with Crippen LogP contribution in [-0.2, 0) is 4.79 Å². The summed E-state index contributed by atoms with van der Waals surface area (Å²) in [4.78, 5) is 11.2. The van der Waals surface area contributed by atoms with Gasteiger partial charge in [-0.05, 0) is 12.1 Å². The molecular weight excluding hydrogens is 250 g/mol. The number of hydrogen-bond acceptors (Lipinski definition) is 6. The Labute approximate surface area is 109 Å². The van der Waals surface area contributed by atoms with Crippen LogP contribution in [-0.4, -0.2) is 36.6 Å². The van der Waals surface area contributed by atoms with Gasteiger partial charge in [0.25, 0.3) is 5.91 Å². The van der Waals surface area contributed by atoms with Gasteiger partial charge < -0.3 is 20.0 Å². The van der Waals surface area contributed by atoms with Crippen LogP contribution in [0.2, 0.25) is 0 Å². The van der Waals surface area contributed by atoms with Crippen LogP contribution in [0.1, 0.15) is 5.56 Å². The van der Waals surface area contributed by atoms with Crippen molar-refractivity contribution in [1.29, 1.82) is 5.26 Å². The number of oxime groups is 1. The first kappa shape index (κ1) is 12.7. The number of hydrogen-bond donors (Lipinski definition) is 2. The first-order chi connectivity index (χ1) is 9.24. The van der Waals surface area contributed by atoms with Crippen LogP contribution in [0.3, 0.4) is 0 Å². The van der Waals surface area contributed by atoms with E-state index in [1.165, 1.54) is 0 Å². The average molecular weight is 261 g/mol. The molecule has 0 aliphatic carbocycles. The van der Waals surface area contributed by atoms with E-state index in [0.717, 1.165) is 0 Å². The van der Waals surface area contributed by atoms with E-state index in [0.29, 0.717) is 22.8 Å². The zero-order chi connectivity index (χ0) is 13.7. The summed E-state index contributed by atoms with van der Waals surface area (Å²) in [6.45, 7) is -0.0226. The highest BCUT2D eigenvalue weighted by Gasteiger charge is 2.20. The van der Waals surface area contributed by atoms with E-state index in [2.05, 4.69) is 10.5 Å². The van der Waals surface area contributed by atoms with Crippen molar-refractivity contribution in [1.82, 2.24) is 5.32 Å². The van der Waals surface area contributed by atoms with Crippen molar-refractivity contribution in [2.45, 2.75) is 0 Å². The maximum absolute atomic E-state index is 11.2. The normalized spacial score (nSPS) is 14.4. The molecule has 1 aliphatic heterocycles. The molecule has 1 aromatic carbocycles. The predicted molar refractivity (Wildman–Crippen MR) is 64.4 cm³/mol. The summed E-state index contributed by atoms with van der Waals surface area (Å²) in [6.07, 6.45) is 0. The molecule has 19 heavy (non-hydrogen) atoms.